The molecule has 0 aliphatic rings. The van der Waals surface area contributed by atoms with Crippen LogP contribution in [0.1, 0.15) is 16.7 Å². The second kappa shape index (κ2) is 6.79. The van der Waals surface area contributed by atoms with Crippen LogP contribution in [-0.2, 0) is 7.05 Å². The van der Waals surface area contributed by atoms with Crippen molar-refractivity contribution in [3.05, 3.63) is 71.3 Å². The number of aryl methyl sites for hydroxylation is 3. The van der Waals surface area contributed by atoms with Crippen LogP contribution in [0.4, 0.5) is 0 Å². The van der Waals surface area contributed by atoms with Gasteiger partial charge in [-0.3, -0.25) is 0 Å². The Labute approximate surface area is 185 Å². The lowest BCUT2D eigenvalue weighted by atomic mass is 9.96. The molecule has 0 bridgehead atoms. The summed E-state index contributed by atoms with van der Waals surface area (Å²) in [6.45, 7) is 13.7. The highest BCUT2D eigenvalue weighted by molar-refractivity contribution is 6.88. The number of fused-ring (bicyclic) bond motifs is 4. The van der Waals surface area contributed by atoms with Crippen LogP contribution < -0.4 is 9.75 Å². The van der Waals surface area contributed by atoms with Crippen molar-refractivity contribution in [3.8, 4) is 11.3 Å². The van der Waals surface area contributed by atoms with E-state index in [-0.39, 0.29) is 0 Å². The maximum atomic E-state index is 6.48. The summed E-state index contributed by atoms with van der Waals surface area (Å²) in [5.74, 6) is 0. The van der Waals surface area contributed by atoms with Gasteiger partial charge in [-0.1, -0.05) is 43.0 Å². The summed E-state index contributed by atoms with van der Waals surface area (Å²) in [5, 5.41) is 5.18. The van der Waals surface area contributed by atoms with Gasteiger partial charge in [-0.15, -0.1) is 0 Å². The van der Waals surface area contributed by atoms with E-state index in [0.717, 1.165) is 11.2 Å². The molecule has 0 aliphatic heterocycles. The highest BCUT2D eigenvalue weighted by Crippen LogP contribution is 2.39. The predicted molar refractivity (Wildman–Crippen MR) is 135 cm³/mol. The molecule has 0 saturated heterocycles. The molecule has 2 heterocycles. The van der Waals surface area contributed by atoms with Gasteiger partial charge in [0.05, 0.1) is 13.6 Å². The van der Waals surface area contributed by atoms with Crippen LogP contribution in [0.3, 0.4) is 0 Å². The SMILES string of the molecule is Cc1ccc2c(c1)oc1c(-c3ccc4cc([Si](C)(C)C)ccc4[n+]3C)c(C)c(C)cc12. The first-order valence-electron chi connectivity index (χ1n) is 11.0. The molecule has 3 aromatic carbocycles. The quantitative estimate of drug-likeness (QED) is 0.228. The van der Waals surface area contributed by atoms with Crippen molar-refractivity contribution in [2.75, 3.05) is 0 Å². The molecular formula is C28H30NOSi+. The number of hydrogen-bond donors (Lipinski definition) is 0. The zero-order valence-corrected chi connectivity index (χ0v) is 20.6. The van der Waals surface area contributed by atoms with Gasteiger partial charge < -0.3 is 4.42 Å². The van der Waals surface area contributed by atoms with Gasteiger partial charge in [0.1, 0.15) is 18.2 Å². The Morgan fingerprint density at radius 1 is 0.806 bits per heavy atom. The largest absolute Gasteiger partial charge is 0.455 e. The van der Waals surface area contributed by atoms with Gasteiger partial charge in [0.25, 0.3) is 0 Å². The third kappa shape index (κ3) is 3.11. The van der Waals surface area contributed by atoms with Crippen LogP contribution in [0.2, 0.25) is 19.6 Å². The number of hydrogen-bond acceptors (Lipinski definition) is 1. The Morgan fingerprint density at radius 2 is 1.58 bits per heavy atom. The van der Waals surface area contributed by atoms with E-state index in [1.807, 2.05) is 0 Å². The Morgan fingerprint density at radius 3 is 2.32 bits per heavy atom. The minimum Gasteiger partial charge on any atom is -0.455 e. The van der Waals surface area contributed by atoms with E-state index >= 15 is 0 Å². The highest BCUT2D eigenvalue weighted by atomic mass is 28.3. The first kappa shape index (κ1) is 20.0. The number of aromatic nitrogens is 1. The van der Waals surface area contributed by atoms with Crippen molar-refractivity contribution in [1.82, 2.24) is 0 Å². The lowest BCUT2D eigenvalue weighted by molar-refractivity contribution is -0.633. The van der Waals surface area contributed by atoms with Crippen molar-refractivity contribution in [1.29, 1.82) is 0 Å². The summed E-state index contributed by atoms with van der Waals surface area (Å²) in [5.41, 5.74) is 9.37. The second-order valence-corrected chi connectivity index (χ2v) is 15.1. The summed E-state index contributed by atoms with van der Waals surface area (Å²) in [4.78, 5) is 0. The molecule has 3 heteroatoms. The van der Waals surface area contributed by atoms with Gasteiger partial charge in [-0.25, -0.2) is 0 Å². The van der Waals surface area contributed by atoms with Crippen molar-refractivity contribution < 1.29 is 8.98 Å². The normalized spacial score (nSPS) is 12.4. The average molecular weight is 425 g/mol. The van der Waals surface area contributed by atoms with Gasteiger partial charge in [-0.05, 0) is 61.7 Å². The van der Waals surface area contributed by atoms with E-state index in [1.54, 1.807) is 0 Å². The number of furan rings is 1. The van der Waals surface area contributed by atoms with Crippen LogP contribution in [0.15, 0.2) is 59.0 Å². The van der Waals surface area contributed by atoms with Crippen LogP contribution in [-0.4, -0.2) is 8.07 Å². The molecule has 5 rings (SSSR count). The second-order valence-electron chi connectivity index (χ2n) is 9.97. The summed E-state index contributed by atoms with van der Waals surface area (Å²) >= 11 is 0. The fraction of sp³-hybridized carbons (Fsp3) is 0.250. The minimum absolute atomic E-state index is 0.962. The monoisotopic (exact) mass is 424 g/mol. The van der Waals surface area contributed by atoms with Gasteiger partial charge in [0.2, 0.25) is 11.2 Å². The van der Waals surface area contributed by atoms with E-state index in [0.29, 0.717) is 0 Å². The standard InChI is InChI=1S/C28H30NOSi/c1-17-8-11-22-23-15-18(2)19(3)27(28(23)30-26(22)14-17)25-12-9-20-16-21(31(5,6)7)10-13-24(20)29(25)4/h8-16H,1-7H3/q+1. The van der Waals surface area contributed by atoms with Gasteiger partial charge >= 0.3 is 0 Å². The highest BCUT2D eigenvalue weighted by Gasteiger charge is 2.24. The number of pyridine rings is 1. The zero-order valence-electron chi connectivity index (χ0n) is 19.6. The summed E-state index contributed by atoms with van der Waals surface area (Å²) < 4.78 is 8.80. The fourth-order valence-corrected chi connectivity index (χ4v) is 5.85. The van der Waals surface area contributed by atoms with Crippen molar-refractivity contribution >= 4 is 46.1 Å². The lowest BCUT2D eigenvalue weighted by Gasteiger charge is -2.17. The van der Waals surface area contributed by atoms with E-state index < -0.39 is 8.07 Å². The summed E-state index contributed by atoms with van der Waals surface area (Å²) in [7, 11) is 0.827. The van der Waals surface area contributed by atoms with Crippen LogP contribution in [0.5, 0.6) is 0 Å². The molecule has 0 amide bonds. The maximum absolute atomic E-state index is 6.48. The Bertz CT molecular complexity index is 1500. The van der Waals surface area contributed by atoms with E-state index in [4.69, 9.17) is 4.42 Å². The molecule has 0 unspecified atom stereocenters. The zero-order chi connectivity index (χ0) is 22.1. The van der Waals surface area contributed by atoms with Crippen molar-refractivity contribution in [2.24, 2.45) is 7.05 Å². The molecule has 0 spiro atoms. The maximum Gasteiger partial charge on any atom is 0.216 e. The van der Waals surface area contributed by atoms with E-state index in [2.05, 4.69) is 107 Å². The molecule has 0 fully saturated rings. The minimum atomic E-state index is -1.35. The molecular weight excluding hydrogens is 394 g/mol. The molecule has 0 atom stereocenters. The molecule has 5 aromatic rings. The summed E-state index contributed by atoms with van der Waals surface area (Å²) in [6.07, 6.45) is 0. The summed E-state index contributed by atoms with van der Waals surface area (Å²) in [6, 6.07) is 20.3. The van der Waals surface area contributed by atoms with Crippen molar-refractivity contribution in [2.45, 2.75) is 40.4 Å². The Balaban J connectivity index is 1.83. The van der Waals surface area contributed by atoms with Crippen LogP contribution >= 0.6 is 0 Å². The first-order chi connectivity index (χ1) is 14.6. The third-order valence-corrected chi connectivity index (χ3v) is 8.77. The van der Waals surface area contributed by atoms with E-state index in [1.165, 1.54) is 54.8 Å². The molecule has 0 saturated carbocycles. The smallest absolute Gasteiger partial charge is 0.216 e. The topological polar surface area (TPSA) is 17.0 Å². The van der Waals surface area contributed by atoms with Crippen LogP contribution in [0.25, 0.3) is 44.1 Å². The predicted octanol–water partition coefficient (Wildman–Crippen LogP) is 6.70. The molecule has 156 valence electrons. The Hall–Kier alpha value is -2.91. The van der Waals surface area contributed by atoms with E-state index in [9.17, 15) is 0 Å². The molecule has 0 radical (unpaired) electrons. The van der Waals surface area contributed by atoms with Gasteiger partial charge in [0.15, 0.2) is 0 Å². The molecule has 0 aliphatic carbocycles. The first-order valence-corrected chi connectivity index (χ1v) is 14.5. The number of nitrogens with zero attached hydrogens (tertiary/aromatic N) is 1. The third-order valence-electron chi connectivity index (χ3n) is 6.73. The number of rotatable bonds is 2. The Kier molecular flexibility index (Phi) is 4.39. The molecule has 2 aromatic heterocycles. The number of benzene rings is 3. The van der Waals surface area contributed by atoms with Crippen molar-refractivity contribution in [3.63, 3.8) is 0 Å². The van der Waals surface area contributed by atoms with Gasteiger partial charge in [0, 0.05) is 28.3 Å². The molecule has 2 nitrogen and oxygen atoms in total. The average Bonchev–Trinajstić information content (AvgIpc) is 3.06. The molecule has 31 heavy (non-hydrogen) atoms. The van der Waals surface area contributed by atoms with Gasteiger partial charge in [-0.2, -0.15) is 4.57 Å². The van der Waals surface area contributed by atoms with Crippen LogP contribution in [0, 0.1) is 20.8 Å². The molecule has 0 N–H and O–H groups in total. The lowest BCUT2D eigenvalue weighted by Crippen LogP contribution is -2.38. The fourth-order valence-electron chi connectivity index (χ4n) is 4.67.